The van der Waals surface area contributed by atoms with Crippen molar-refractivity contribution in [3.63, 3.8) is 0 Å². The minimum atomic E-state index is 0.203. The van der Waals surface area contributed by atoms with E-state index in [-0.39, 0.29) is 6.04 Å². The molecule has 3 heterocycles. The van der Waals surface area contributed by atoms with E-state index in [4.69, 9.17) is 0 Å². The van der Waals surface area contributed by atoms with E-state index in [9.17, 15) is 0 Å². The lowest BCUT2D eigenvalue weighted by atomic mass is 10.2. The summed E-state index contributed by atoms with van der Waals surface area (Å²) in [6, 6.07) is 10.2. The summed E-state index contributed by atoms with van der Waals surface area (Å²) in [6.07, 6.45) is 5.75. The molecule has 0 aromatic carbocycles. The molecule has 0 aliphatic heterocycles. The van der Waals surface area contributed by atoms with Gasteiger partial charge in [-0.3, -0.25) is 4.98 Å². The van der Waals surface area contributed by atoms with Gasteiger partial charge in [-0.1, -0.05) is 6.07 Å². The van der Waals surface area contributed by atoms with Crippen molar-refractivity contribution >= 4 is 21.6 Å². The summed E-state index contributed by atoms with van der Waals surface area (Å²) < 4.78 is 3.13. The first-order valence-corrected chi connectivity index (χ1v) is 7.29. The summed E-state index contributed by atoms with van der Waals surface area (Å²) in [7, 11) is 0. The second-order valence-corrected chi connectivity index (χ2v) is 5.60. The maximum Gasteiger partial charge on any atom is 0.136 e. The molecular formula is C15H15BrN4. The highest BCUT2D eigenvalue weighted by Crippen LogP contribution is 2.15. The van der Waals surface area contributed by atoms with E-state index in [0.29, 0.717) is 0 Å². The Labute approximate surface area is 126 Å². The average Bonchev–Trinajstić information content (AvgIpc) is 2.88. The number of imidazole rings is 1. The van der Waals surface area contributed by atoms with Crippen molar-refractivity contribution in [2.75, 3.05) is 0 Å². The number of nitrogens with zero attached hydrogens (tertiary/aromatic N) is 3. The molecule has 20 heavy (non-hydrogen) atoms. The first-order chi connectivity index (χ1) is 9.74. The molecule has 0 bridgehead atoms. The smallest absolute Gasteiger partial charge is 0.136 e. The maximum atomic E-state index is 4.40. The van der Waals surface area contributed by atoms with Crippen molar-refractivity contribution in [3.8, 4) is 0 Å². The molecule has 0 aliphatic carbocycles. The minimum absolute atomic E-state index is 0.203. The van der Waals surface area contributed by atoms with Crippen molar-refractivity contribution in [2.24, 2.45) is 0 Å². The molecule has 4 nitrogen and oxygen atoms in total. The second-order valence-electron chi connectivity index (χ2n) is 4.68. The molecule has 1 N–H and O–H groups in total. The Bertz CT molecular complexity index is 708. The third-order valence-electron chi connectivity index (χ3n) is 3.27. The second kappa shape index (κ2) is 5.73. The largest absolute Gasteiger partial charge is 0.303 e. The molecule has 0 aliphatic rings. The van der Waals surface area contributed by atoms with Gasteiger partial charge in [0.1, 0.15) is 5.65 Å². The van der Waals surface area contributed by atoms with Crippen molar-refractivity contribution in [1.29, 1.82) is 0 Å². The number of halogens is 1. The molecular weight excluding hydrogens is 316 g/mol. The van der Waals surface area contributed by atoms with Gasteiger partial charge in [-0.05, 0) is 47.1 Å². The Morgan fingerprint density at radius 1 is 1.25 bits per heavy atom. The fourth-order valence-electron chi connectivity index (χ4n) is 2.13. The topological polar surface area (TPSA) is 42.2 Å². The zero-order valence-electron chi connectivity index (χ0n) is 11.1. The zero-order chi connectivity index (χ0) is 13.9. The Kier molecular flexibility index (Phi) is 3.80. The molecule has 0 radical (unpaired) electrons. The monoisotopic (exact) mass is 330 g/mol. The first-order valence-electron chi connectivity index (χ1n) is 6.50. The van der Waals surface area contributed by atoms with Crippen molar-refractivity contribution in [3.05, 3.63) is 64.8 Å². The molecule has 0 fully saturated rings. The lowest BCUT2D eigenvalue weighted by molar-refractivity contribution is 0.553. The van der Waals surface area contributed by atoms with Gasteiger partial charge < -0.3 is 9.72 Å². The van der Waals surface area contributed by atoms with Crippen LogP contribution in [-0.2, 0) is 6.54 Å². The van der Waals surface area contributed by atoms with E-state index in [1.54, 1.807) is 0 Å². The van der Waals surface area contributed by atoms with Crippen LogP contribution < -0.4 is 5.32 Å². The molecule has 0 saturated carbocycles. The van der Waals surface area contributed by atoms with Crippen LogP contribution in [-0.4, -0.2) is 14.4 Å². The maximum absolute atomic E-state index is 4.40. The number of pyridine rings is 2. The van der Waals surface area contributed by atoms with Crippen LogP contribution in [0.4, 0.5) is 0 Å². The van der Waals surface area contributed by atoms with Crippen LogP contribution in [0.1, 0.15) is 24.4 Å². The SMILES string of the molecule is CC(NCc1cnc2ccc(Br)cn12)c1ccccn1. The van der Waals surface area contributed by atoms with E-state index >= 15 is 0 Å². The van der Waals surface area contributed by atoms with Crippen LogP contribution in [0, 0.1) is 0 Å². The predicted octanol–water partition coefficient (Wildman–Crippen LogP) is 3.34. The lowest BCUT2D eigenvalue weighted by Gasteiger charge is -2.12. The first kappa shape index (κ1) is 13.3. The standard InChI is InChI=1S/C15H15BrN4/c1-11(14-4-2-3-7-17-14)18-8-13-9-19-15-6-5-12(16)10-20(13)15/h2-7,9-11,18H,8H2,1H3. The molecule has 1 atom stereocenters. The third kappa shape index (κ3) is 2.73. The number of aromatic nitrogens is 3. The lowest BCUT2D eigenvalue weighted by Crippen LogP contribution is -2.19. The van der Waals surface area contributed by atoms with Gasteiger partial charge in [-0.2, -0.15) is 0 Å². The summed E-state index contributed by atoms with van der Waals surface area (Å²) in [5.74, 6) is 0. The summed E-state index contributed by atoms with van der Waals surface area (Å²) >= 11 is 3.49. The minimum Gasteiger partial charge on any atom is -0.303 e. The normalized spacial score (nSPS) is 12.7. The highest BCUT2D eigenvalue weighted by atomic mass is 79.9. The van der Waals surface area contributed by atoms with Crippen LogP contribution in [0.2, 0.25) is 0 Å². The fourth-order valence-corrected chi connectivity index (χ4v) is 2.47. The van der Waals surface area contributed by atoms with Gasteiger partial charge in [-0.15, -0.1) is 0 Å². The summed E-state index contributed by atoms with van der Waals surface area (Å²) in [6.45, 7) is 2.86. The van der Waals surface area contributed by atoms with Gasteiger partial charge in [0.25, 0.3) is 0 Å². The number of rotatable bonds is 4. The van der Waals surface area contributed by atoms with Gasteiger partial charge in [-0.25, -0.2) is 4.98 Å². The highest BCUT2D eigenvalue weighted by Gasteiger charge is 2.08. The molecule has 0 spiro atoms. The van der Waals surface area contributed by atoms with E-state index < -0.39 is 0 Å². The fraction of sp³-hybridized carbons (Fsp3) is 0.200. The molecule has 1 unspecified atom stereocenters. The van der Waals surface area contributed by atoms with E-state index in [2.05, 4.69) is 42.5 Å². The Morgan fingerprint density at radius 2 is 2.15 bits per heavy atom. The predicted molar refractivity (Wildman–Crippen MR) is 82.4 cm³/mol. The van der Waals surface area contributed by atoms with E-state index in [0.717, 1.165) is 28.1 Å². The van der Waals surface area contributed by atoms with Gasteiger partial charge in [0, 0.05) is 29.5 Å². The molecule has 0 saturated heterocycles. The number of hydrogen-bond acceptors (Lipinski definition) is 3. The quantitative estimate of drug-likeness (QED) is 0.797. The van der Waals surface area contributed by atoms with Crippen LogP contribution in [0.3, 0.4) is 0 Å². The molecule has 3 rings (SSSR count). The van der Waals surface area contributed by atoms with E-state index in [1.165, 1.54) is 0 Å². The average molecular weight is 331 g/mol. The third-order valence-corrected chi connectivity index (χ3v) is 3.74. The summed E-state index contributed by atoms with van der Waals surface area (Å²) in [5.41, 5.74) is 3.13. The molecule has 3 aromatic heterocycles. The summed E-state index contributed by atoms with van der Waals surface area (Å²) in [5, 5.41) is 3.47. The van der Waals surface area contributed by atoms with Gasteiger partial charge in [0.2, 0.25) is 0 Å². The zero-order valence-corrected chi connectivity index (χ0v) is 12.7. The van der Waals surface area contributed by atoms with E-state index in [1.807, 2.05) is 48.9 Å². The van der Waals surface area contributed by atoms with Crippen LogP contribution >= 0.6 is 15.9 Å². The van der Waals surface area contributed by atoms with Gasteiger partial charge >= 0.3 is 0 Å². The van der Waals surface area contributed by atoms with Crippen LogP contribution in [0.15, 0.2) is 53.4 Å². The number of fused-ring (bicyclic) bond motifs is 1. The molecule has 5 heteroatoms. The Hall–Kier alpha value is -1.72. The highest BCUT2D eigenvalue weighted by molar-refractivity contribution is 9.10. The van der Waals surface area contributed by atoms with Crippen LogP contribution in [0.25, 0.3) is 5.65 Å². The number of nitrogens with one attached hydrogen (secondary N) is 1. The Balaban J connectivity index is 1.75. The van der Waals surface area contributed by atoms with Gasteiger partial charge in [0.05, 0.1) is 17.6 Å². The van der Waals surface area contributed by atoms with Crippen molar-refractivity contribution in [2.45, 2.75) is 19.5 Å². The Morgan fingerprint density at radius 3 is 2.95 bits per heavy atom. The molecule has 102 valence electrons. The van der Waals surface area contributed by atoms with Crippen molar-refractivity contribution < 1.29 is 0 Å². The number of hydrogen-bond donors (Lipinski definition) is 1. The van der Waals surface area contributed by atoms with Gasteiger partial charge in [0.15, 0.2) is 0 Å². The van der Waals surface area contributed by atoms with Crippen molar-refractivity contribution in [1.82, 2.24) is 19.7 Å². The molecule has 3 aromatic rings. The molecule has 0 amide bonds. The summed E-state index contributed by atoms with van der Waals surface area (Å²) in [4.78, 5) is 8.76. The van der Waals surface area contributed by atoms with Crippen LogP contribution in [0.5, 0.6) is 0 Å².